The number of hydrogen-bond donors (Lipinski definition) is 0. The molecule has 2 rings (SSSR count). The summed E-state index contributed by atoms with van der Waals surface area (Å²) in [6.07, 6.45) is 7.73. The molecule has 0 radical (unpaired) electrons. The quantitative estimate of drug-likeness (QED) is 0.585. The number of Topliss-reactive ketones (excluding diaryl/α,β-unsaturated/α-hetero) is 1. The molecule has 0 saturated heterocycles. The molecule has 3 heteroatoms. The lowest BCUT2D eigenvalue weighted by Crippen LogP contribution is -2.26. The van der Waals surface area contributed by atoms with E-state index in [1.54, 1.807) is 0 Å². The van der Waals surface area contributed by atoms with E-state index in [4.69, 9.17) is 0 Å². The van der Waals surface area contributed by atoms with Gasteiger partial charge in [-0.15, -0.1) is 0 Å². The minimum atomic E-state index is -0.0985. The van der Waals surface area contributed by atoms with Gasteiger partial charge in [0.1, 0.15) is 12.4 Å². The zero-order valence-corrected chi connectivity index (χ0v) is 10.9. The van der Waals surface area contributed by atoms with Gasteiger partial charge in [0.05, 0.1) is 7.05 Å². The van der Waals surface area contributed by atoms with E-state index in [-0.39, 0.29) is 11.8 Å². The van der Waals surface area contributed by atoms with E-state index in [1.165, 1.54) is 0 Å². The van der Waals surface area contributed by atoms with Crippen molar-refractivity contribution in [1.29, 1.82) is 0 Å². The number of aryl methyl sites for hydroxylation is 1. The van der Waals surface area contributed by atoms with Gasteiger partial charge in [-0.1, -0.05) is 43.7 Å². The lowest BCUT2D eigenvalue weighted by atomic mass is 10.0. The van der Waals surface area contributed by atoms with E-state index in [0.717, 1.165) is 18.4 Å². The van der Waals surface area contributed by atoms with Crippen LogP contribution in [0.5, 0.6) is 0 Å². The Labute approximate surface area is 108 Å². The molecule has 2 aromatic rings. The highest BCUT2D eigenvalue weighted by Crippen LogP contribution is 2.19. The first-order valence-electron chi connectivity index (χ1n) is 6.34. The molecule has 0 saturated carbocycles. The van der Waals surface area contributed by atoms with Gasteiger partial charge in [0.25, 0.3) is 0 Å². The number of hydrogen-bond acceptors (Lipinski definition) is 1. The van der Waals surface area contributed by atoms with Crippen LogP contribution in [0.1, 0.15) is 36.2 Å². The van der Waals surface area contributed by atoms with Crippen molar-refractivity contribution < 1.29 is 9.36 Å². The van der Waals surface area contributed by atoms with Crippen molar-refractivity contribution in [3.8, 4) is 0 Å². The zero-order valence-electron chi connectivity index (χ0n) is 10.9. The first-order chi connectivity index (χ1) is 8.72. The molecule has 0 N–H and O–H groups in total. The third-order valence-electron chi connectivity index (χ3n) is 3.07. The van der Waals surface area contributed by atoms with E-state index >= 15 is 0 Å². The Hall–Kier alpha value is -1.90. The first kappa shape index (κ1) is 12.6. The molecule has 0 aliphatic heterocycles. The van der Waals surface area contributed by atoms with Gasteiger partial charge >= 0.3 is 0 Å². The Morgan fingerprint density at radius 2 is 2.06 bits per heavy atom. The lowest BCUT2D eigenvalue weighted by molar-refractivity contribution is -0.671. The van der Waals surface area contributed by atoms with Gasteiger partial charge in [-0.3, -0.25) is 4.79 Å². The van der Waals surface area contributed by atoms with Crippen molar-refractivity contribution in [2.75, 3.05) is 0 Å². The number of aromatic nitrogens is 2. The Kier molecular flexibility index (Phi) is 3.92. The maximum atomic E-state index is 12.5. The molecule has 0 spiro atoms. The number of carbonyl (C=O) groups is 1. The fourth-order valence-corrected chi connectivity index (χ4v) is 2.14. The van der Waals surface area contributed by atoms with Gasteiger partial charge in [0, 0.05) is 5.56 Å². The molecule has 1 heterocycles. The predicted octanol–water partition coefficient (Wildman–Crippen LogP) is 2.54. The largest absolute Gasteiger partial charge is 0.289 e. The van der Waals surface area contributed by atoms with Gasteiger partial charge in [-0.2, -0.15) is 0 Å². The summed E-state index contributed by atoms with van der Waals surface area (Å²) in [5.41, 5.74) is 0.785. The summed E-state index contributed by atoms with van der Waals surface area (Å²) in [6, 6.07) is 9.42. The Morgan fingerprint density at radius 1 is 1.33 bits per heavy atom. The molecule has 0 aliphatic rings. The Balaban J connectivity index is 2.28. The van der Waals surface area contributed by atoms with Gasteiger partial charge in [-0.25, -0.2) is 9.13 Å². The summed E-state index contributed by atoms with van der Waals surface area (Å²) in [6.45, 7) is 2.11. The van der Waals surface area contributed by atoms with Crippen molar-refractivity contribution in [2.24, 2.45) is 7.05 Å². The summed E-state index contributed by atoms with van der Waals surface area (Å²) in [5, 5.41) is 0. The van der Waals surface area contributed by atoms with Crippen molar-refractivity contribution in [3.63, 3.8) is 0 Å². The van der Waals surface area contributed by atoms with Crippen LogP contribution in [0, 0.1) is 0 Å². The van der Waals surface area contributed by atoms with Crippen LogP contribution in [-0.2, 0) is 7.05 Å². The topological polar surface area (TPSA) is 25.9 Å². The number of ketones is 1. The van der Waals surface area contributed by atoms with Crippen molar-refractivity contribution in [2.45, 2.75) is 25.8 Å². The predicted molar refractivity (Wildman–Crippen MR) is 70.3 cm³/mol. The SMILES string of the molecule is CCCC(C(=O)c1ccccc1)n1cc[n+](C)c1. The second-order valence-electron chi connectivity index (χ2n) is 4.56. The number of benzene rings is 1. The molecule has 0 aliphatic carbocycles. The summed E-state index contributed by atoms with van der Waals surface area (Å²) in [4.78, 5) is 12.5. The molecule has 18 heavy (non-hydrogen) atoms. The van der Waals surface area contributed by atoms with E-state index in [1.807, 2.05) is 65.2 Å². The number of carbonyl (C=O) groups excluding carboxylic acids is 1. The fraction of sp³-hybridized carbons (Fsp3) is 0.333. The number of imidazole rings is 1. The maximum Gasteiger partial charge on any atom is 0.244 e. The van der Waals surface area contributed by atoms with Gasteiger partial charge in [0.15, 0.2) is 6.04 Å². The van der Waals surface area contributed by atoms with E-state index in [9.17, 15) is 4.79 Å². The third-order valence-corrected chi connectivity index (χ3v) is 3.07. The number of rotatable bonds is 5. The average molecular weight is 243 g/mol. The van der Waals surface area contributed by atoms with Gasteiger partial charge in [-0.05, 0) is 6.42 Å². The summed E-state index contributed by atoms with van der Waals surface area (Å²) >= 11 is 0. The highest BCUT2D eigenvalue weighted by atomic mass is 16.1. The fourth-order valence-electron chi connectivity index (χ4n) is 2.14. The molecule has 0 fully saturated rings. The van der Waals surface area contributed by atoms with Crippen molar-refractivity contribution >= 4 is 5.78 Å². The molecule has 94 valence electrons. The minimum Gasteiger partial charge on any atom is -0.289 e. The smallest absolute Gasteiger partial charge is 0.244 e. The second-order valence-corrected chi connectivity index (χ2v) is 4.56. The summed E-state index contributed by atoms with van der Waals surface area (Å²) in [5.74, 6) is 0.189. The molecular formula is C15H19N2O+. The minimum absolute atomic E-state index is 0.0985. The molecule has 1 aromatic carbocycles. The normalized spacial score (nSPS) is 12.3. The number of nitrogens with zero attached hydrogens (tertiary/aromatic N) is 2. The first-order valence-corrected chi connectivity index (χ1v) is 6.34. The van der Waals surface area contributed by atoms with E-state index in [0.29, 0.717) is 0 Å². The summed E-state index contributed by atoms with van der Waals surface area (Å²) < 4.78 is 3.96. The second kappa shape index (κ2) is 5.63. The highest BCUT2D eigenvalue weighted by Gasteiger charge is 2.25. The van der Waals surface area contributed by atoms with Crippen LogP contribution >= 0.6 is 0 Å². The monoisotopic (exact) mass is 243 g/mol. The van der Waals surface area contributed by atoms with Crippen LogP contribution in [0.15, 0.2) is 49.1 Å². The van der Waals surface area contributed by atoms with Crippen molar-refractivity contribution in [1.82, 2.24) is 4.57 Å². The standard InChI is InChI=1S/C15H19N2O/c1-3-7-14(17-11-10-16(2)12-17)15(18)13-8-5-4-6-9-13/h4-6,8-12,14H,3,7H2,1-2H3/q+1. The molecule has 0 amide bonds. The molecule has 1 unspecified atom stereocenters. The molecule has 1 atom stereocenters. The molecule has 3 nitrogen and oxygen atoms in total. The van der Waals surface area contributed by atoms with Gasteiger partial charge in [0.2, 0.25) is 12.1 Å². The van der Waals surface area contributed by atoms with Crippen LogP contribution in [0.4, 0.5) is 0 Å². The van der Waals surface area contributed by atoms with Crippen LogP contribution in [0.3, 0.4) is 0 Å². The van der Waals surface area contributed by atoms with Crippen LogP contribution < -0.4 is 4.57 Å². The molecule has 1 aromatic heterocycles. The average Bonchev–Trinajstić information content (AvgIpc) is 2.82. The zero-order chi connectivity index (χ0) is 13.0. The lowest BCUT2D eigenvalue weighted by Gasteiger charge is -2.11. The van der Waals surface area contributed by atoms with Crippen molar-refractivity contribution in [3.05, 3.63) is 54.6 Å². The molecule has 0 bridgehead atoms. The Bertz CT molecular complexity index is 516. The maximum absolute atomic E-state index is 12.5. The van der Waals surface area contributed by atoms with E-state index < -0.39 is 0 Å². The van der Waals surface area contributed by atoms with E-state index in [2.05, 4.69) is 6.92 Å². The van der Waals surface area contributed by atoms with Crippen LogP contribution in [-0.4, -0.2) is 10.4 Å². The Morgan fingerprint density at radius 3 is 2.61 bits per heavy atom. The highest BCUT2D eigenvalue weighted by molar-refractivity contribution is 5.98. The summed E-state index contributed by atoms with van der Waals surface area (Å²) in [7, 11) is 1.96. The van der Waals surface area contributed by atoms with Gasteiger partial charge < -0.3 is 0 Å². The third kappa shape index (κ3) is 2.67. The van der Waals surface area contributed by atoms with Crippen LogP contribution in [0.25, 0.3) is 0 Å². The molecular weight excluding hydrogens is 224 g/mol. The van der Waals surface area contributed by atoms with Crippen LogP contribution in [0.2, 0.25) is 0 Å².